The molecule has 0 aromatic carbocycles. The van der Waals surface area contributed by atoms with Crippen molar-refractivity contribution in [3.05, 3.63) is 11.6 Å². The molecule has 10 atom stereocenters. The van der Waals surface area contributed by atoms with Crippen molar-refractivity contribution in [3.8, 4) is 0 Å². The standard InChI is InChI=1S/C64H109ClIN11O11/c1-19-41(8)56-62(87)73(14)36-54(80)71(12)37-55(81)76(17)51(34-43-24-26-45(65)27-25-43)61(86)72(13)35-52(78)67-48(33-44-21-20-22-46(66)32-44)57(82)68-47(28-23-38(2)3)60(85)77(18)64(10,11)63(88)69-49(29-39(4)5)59(84)74(15)42(9)31-53(79)75(16)50(30-40(6)7)58(83)70-56/h23,39-51,56H,19-22,24-37H2,1-18H3,(H,67,78)(H,68,82)(H,69,88)(H,70,83)/t41-,42+,43?,44?,45?,46?,47-,48-,49-,50-,51-,56-/m0/s1. The maximum Gasteiger partial charge on any atom is 0.246 e. The van der Waals surface area contributed by atoms with Gasteiger partial charge in [-0.05, 0) is 135 Å². The van der Waals surface area contributed by atoms with E-state index in [0.717, 1.165) is 31.3 Å². The molecular weight excluding hydrogens is 1260 g/mol. The van der Waals surface area contributed by atoms with Gasteiger partial charge in [0.05, 0.1) is 19.6 Å². The number of nitrogens with zero attached hydrogens (tertiary/aromatic N) is 7. The molecule has 0 bridgehead atoms. The third kappa shape index (κ3) is 23.0. The number of rotatable bonds is 12. The van der Waals surface area contributed by atoms with Gasteiger partial charge >= 0.3 is 0 Å². The van der Waals surface area contributed by atoms with Crippen molar-refractivity contribution in [2.75, 3.05) is 69.0 Å². The van der Waals surface area contributed by atoms with Crippen molar-refractivity contribution in [1.29, 1.82) is 0 Å². The van der Waals surface area contributed by atoms with Crippen molar-refractivity contribution >= 4 is 99.2 Å². The molecule has 4 N–H and O–H groups in total. The monoisotopic (exact) mass is 1370 g/mol. The van der Waals surface area contributed by atoms with Crippen molar-refractivity contribution in [2.24, 2.45) is 29.6 Å². The summed E-state index contributed by atoms with van der Waals surface area (Å²) in [4.78, 5) is 168. The molecule has 24 heteroatoms. The lowest BCUT2D eigenvalue weighted by atomic mass is 9.84. The molecule has 3 aliphatic rings. The molecule has 500 valence electrons. The minimum Gasteiger partial charge on any atom is -0.343 e. The SMILES string of the molecule is CC[C@H](C)[C@@H]1NC(=O)[C@H](CC(C)C)N(C)C(=O)C[C@@H](C)N(C)C(=O)[C@H](CC(C)C)NC(=O)C(C)(C)N(C)C(=O)[C@H](CC=C(C)C)NC(=O)[C@H](CC2CCCC(I)C2)NC(=O)CN(C)C(=O)[C@H](CC2CCC(Cl)CC2)N(C)C(=O)CN(C)C(=O)CN(C)C1=O. The van der Waals surface area contributed by atoms with Crippen molar-refractivity contribution < 1.29 is 52.7 Å². The molecule has 2 saturated carbocycles. The maximum atomic E-state index is 14.9. The number of hydrogen-bond donors (Lipinski definition) is 4. The lowest BCUT2D eigenvalue weighted by Gasteiger charge is -2.38. The van der Waals surface area contributed by atoms with Gasteiger partial charge in [-0.3, -0.25) is 52.7 Å². The molecule has 0 aromatic heterocycles. The Bertz CT molecular complexity index is 2470. The van der Waals surface area contributed by atoms with Crippen LogP contribution in [-0.2, 0) is 52.7 Å². The fourth-order valence-electron chi connectivity index (χ4n) is 11.6. The quantitative estimate of drug-likeness (QED) is 0.108. The molecule has 2 aliphatic carbocycles. The number of nitrogens with one attached hydrogen (secondary N) is 4. The number of allylic oxidation sites excluding steroid dienone is 1. The summed E-state index contributed by atoms with van der Waals surface area (Å²) in [5, 5.41) is 11.6. The zero-order valence-corrected chi connectivity index (χ0v) is 59.2. The van der Waals surface area contributed by atoms with E-state index in [-0.39, 0.29) is 67.6 Å². The third-order valence-electron chi connectivity index (χ3n) is 18.2. The fourth-order valence-corrected chi connectivity index (χ4v) is 13.0. The van der Waals surface area contributed by atoms with Crippen LogP contribution in [0.4, 0.5) is 0 Å². The fraction of sp³-hybridized carbons (Fsp3) is 0.797. The van der Waals surface area contributed by atoms with Gasteiger partial charge < -0.3 is 55.6 Å². The van der Waals surface area contributed by atoms with Gasteiger partial charge in [-0.25, -0.2) is 0 Å². The Morgan fingerprint density at radius 2 is 1.18 bits per heavy atom. The van der Waals surface area contributed by atoms with Gasteiger partial charge in [0.15, 0.2) is 0 Å². The van der Waals surface area contributed by atoms with E-state index in [4.69, 9.17) is 11.6 Å². The smallest absolute Gasteiger partial charge is 0.246 e. The van der Waals surface area contributed by atoms with E-state index in [1.807, 2.05) is 48.5 Å². The molecule has 0 spiro atoms. The van der Waals surface area contributed by atoms with E-state index in [9.17, 15) is 52.7 Å². The number of halogens is 2. The zero-order valence-electron chi connectivity index (χ0n) is 56.3. The Labute approximate surface area is 544 Å². The highest BCUT2D eigenvalue weighted by atomic mass is 127. The summed E-state index contributed by atoms with van der Waals surface area (Å²) in [6.07, 6.45) is 9.44. The Kier molecular flexibility index (Phi) is 31.1. The molecule has 3 rings (SSSR count). The summed E-state index contributed by atoms with van der Waals surface area (Å²) in [5.74, 6) is -6.87. The van der Waals surface area contributed by atoms with Crippen LogP contribution in [0.15, 0.2) is 11.6 Å². The number of carbonyl (C=O) groups is 11. The van der Waals surface area contributed by atoms with Gasteiger partial charge in [-0.2, -0.15) is 0 Å². The van der Waals surface area contributed by atoms with E-state index >= 15 is 0 Å². The van der Waals surface area contributed by atoms with E-state index in [1.165, 1.54) is 83.6 Å². The highest BCUT2D eigenvalue weighted by Gasteiger charge is 2.43. The summed E-state index contributed by atoms with van der Waals surface area (Å²) >= 11 is 8.91. The van der Waals surface area contributed by atoms with Crippen molar-refractivity contribution in [1.82, 2.24) is 55.6 Å². The van der Waals surface area contributed by atoms with Crippen LogP contribution in [0.2, 0.25) is 0 Å². The molecule has 3 fully saturated rings. The topological polar surface area (TPSA) is 259 Å². The highest BCUT2D eigenvalue weighted by Crippen LogP contribution is 2.34. The second-order valence-corrected chi connectivity index (χ2v) is 29.6. The summed E-state index contributed by atoms with van der Waals surface area (Å²) in [6, 6.07) is -7.38. The molecule has 0 radical (unpaired) electrons. The van der Waals surface area contributed by atoms with Crippen LogP contribution in [-0.4, -0.2) is 225 Å². The average Bonchev–Trinajstić information content (AvgIpc) is 3.28. The molecule has 0 aromatic rings. The highest BCUT2D eigenvalue weighted by molar-refractivity contribution is 14.1. The lowest BCUT2D eigenvalue weighted by molar-refractivity contribution is -0.149. The second kappa shape index (κ2) is 35.5. The second-order valence-electron chi connectivity index (χ2n) is 27.2. The Morgan fingerprint density at radius 1 is 0.602 bits per heavy atom. The number of likely N-dealkylation sites (N-methyl/N-ethyl adjacent to an activating group) is 7. The number of amides is 11. The first kappa shape index (κ1) is 77.2. The van der Waals surface area contributed by atoms with Gasteiger partial charge in [0.25, 0.3) is 0 Å². The van der Waals surface area contributed by atoms with E-state index in [1.54, 1.807) is 33.8 Å². The molecule has 2 unspecified atom stereocenters. The van der Waals surface area contributed by atoms with Gasteiger partial charge in [-0.1, -0.05) is 95.0 Å². The maximum absolute atomic E-state index is 14.9. The molecule has 1 aliphatic heterocycles. The molecular formula is C64H109ClIN11O11. The first-order valence-corrected chi connectivity index (χ1v) is 33.5. The van der Waals surface area contributed by atoms with Crippen LogP contribution in [0.25, 0.3) is 0 Å². The number of hydrogen-bond acceptors (Lipinski definition) is 11. The van der Waals surface area contributed by atoms with E-state index < -0.39 is 138 Å². The molecule has 22 nitrogen and oxygen atoms in total. The van der Waals surface area contributed by atoms with Crippen LogP contribution >= 0.6 is 34.2 Å². The Balaban J connectivity index is 2.20. The summed E-state index contributed by atoms with van der Waals surface area (Å²) in [7, 11) is 10.3. The average molecular weight is 1370 g/mol. The molecule has 11 amide bonds. The molecule has 1 heterocycles. The van der Waals surface area contributed by atoms with Crippen LogP contribution < -0.4 is 21.3 Å². The predicted octanol–water partition coefficient (Wildman–Crippen LogP) is 5.51. The summed E-state index contributed by atoms with van der Waals surface area (Å²) in [6.45, 7) is 18.3. The Morgan fingerprint density at radius 3 is 1.75 bits per heavy atom. The first-order chi connectivity index (χ1) is 40.9. The number of alkyl halides is 2. The van der Waals surface area contributed by atoms with Crippen LogP contribution in [0, 0.1) is 29.6 Å². The van der Waals surface area contributed by atoms with Crippen LogP contribution in [0.3, 0.4) is 0 Å². The summed E-state index contributed by atoms with van der Waals surface area (Å²) < 4.78 is 0.350. The first-order valence-electron chi connectivity index (χ1n) is 31.8. The normalized spacial score (nSPS) is 29.2. The minimum absolute atomic E-state index is 0.00906. The zero-order chi connectivity index (χ0) is 66.8. The number of carbonyl (C=O) groups excluding carboxylic acids is 11. The van der Waals surface area contributed by atoms with Gasteiger partial charge in [0.2, 0.25) is 65.0 Å². The lowest BCUT2D eigenvalue weighted by Crippen LogP contribution is -2.63. The van der Waals surface area contributed by atoms with Gasteiger partial charge in [-0.15, -0.1) is 11.6 Å². The van der Waals surface area contributed by atoms with Gasteiger partial charge in [0, 0.05) is 71.1 Å². The van der Waals surface area contributed by atoms with Crippen molar-refractivity contribution in [2.45, 2.75) is 230 Å². The van der Waals surface area contributed by atoms with Crippen molar-refractivity contribution in [3.63, 3.8) is 0 Å². The molecule has 88 heavy (non-hydrogen) atoms. The van der Waals surface area contributed by atoms with Gasteiger partial charge in [0.1, 0.15) is 41.8 Å². The Hall–Kier alpha value is -5.07. The van der Waals surface area contributed by atoms with E-state index in [2.05, 4.69) is 43.9 Å². The van der Waals surface area contributed by atoms with E-state index in [0.29, 0.717) is 36.0 Å². The van der Waals surface area contributed by atoms with Crippen LogP contribution in [0.5, 0.6) is 0 Å². The van der Waals surface area contributed by atoms with Crippen LogP contribution in [0.1, 0.15) is 172 Å². The summed E-state index contributed by atoms with van der Waals surface area (Å²) in [5.41, 5.74) is -0.739. The third-order valence-corrected chi connectivity index (χ3v) is 19.8. The molecule has 1 saturated heterocycles. The largest absolute Gasteiger partial charge is 0.343 e. The minimum atomic E-state index is -1.60. The predicted molar refractivity (Wildman–Crippen MR) is 350 cm³/mol.